The molecule has 0 aliphatic carbocycles. The Morgan fingerprint density at radius 1 is 1.17 bits per heavy atom. The predicted molar refractivity (Wildman–Crippen MR) is 53.5 cm³/mol. The first-order valence-electron chi connectivity index (χ1n) is 4.03. The van der Waals surface area contributed by atoms with E-state index < -0.39 is 0 Å². The number of fused-ring (bicyclic) bond motifs is 1. The number of aryl methyl sites for hydroxylation is 1. The Morgan fingerprint density at radius 3 is 2.50 bits per heavy atom. The van der Waals surface area contributed by atoms with Crippen LogP contribution in [0.5, 0.6) is 0 Å². The molecule has 0 fully saturated rings. The smallest absolute Gasteiger partial charge is 0.142 e. The van der Waals surface area contributed by atoms with Gasteiger partial charge in [-0.25, -0.2) is 4.98 Å². The Kier molecular flexibility index (Phi) is 3.17. The Hall–Kier alpha value is -0.960. The topological polar surface area (TPSA) is 25.8 Å². The maximum atomic E-state index is 4.16. The first-order chi connectivity index (χ1) is 5.86. The van der Waals surface area contributed by atoms with Crippen LogP contribution in [0.25, 0.3) is 10.3 Å². The maximum Gasteiger partial charge on any atom is 0.142 e. The van der Waals surface area contributed by atoms with Crippen LogP contribution in [0, 0.1) is 6.92 Å². The summed E-state index contributed by atoms with van der Waals surface area (Å²) in [4.78, 5) is 10.6. The van der Waals surface area contributed by atoms with Crippen LogP contribution in [-0.2, 0) is 0 Å². The van der Waals surface area contributed by atoms with Crippen LogP contribution in [0.4, 0.5) is 0 Å². The van der Waals surface area contributed by atoms with E-state index in [1.807, 2.05) is 19.9 Å². The van der Waals surface area contributed by atoms with Crippen molar-refractivity contribution >= 4 is 21.7 Å². The van der Waals surface area contributed by atoms with Gasteiger partial charge in [0.25, 0.3) is 0 Å². The molecule has 64 valence electrons. The molecule has 0 amide bonds. The number of hydrogen-bond acceptors (Lipinski definition) is 3. The third-order valence-electron chi connectivity index (χ3n) is 1.29. The molecule has 0 unspecified atom stereocenters. The minimum Gasteiger partial charge on any atom is -0.252 e. The SMILES string of the molecule is CC.Cc1cc2nccnc2s1. The second-order valence-corrected chi connectivity index (χ2v) is 3.34. The normalized spacial score (nSPS) is 9.25. The number of nitrogens with zero attached hydrogens (tertiary/aromatic N) is 2. The molecule has 0 atom stereocenters. The van der Waals surface area contributed by atoms with Gasteiger partial charge in [0.05, 0.1) is 5.52 Å². The molecule has 0 aliphatic rings. The maximum absolute atomic E-state index is 4.16. The zero-order chi connectivity index (χ0) is 8.97. The molecule has 2 rings (SSSR count). The number of rotatable bonds is 0. The Morgan fingerprint density at radius 2 is 1.83 bits per heavy atom. The van der Waals surface area contributed by atoms with Crippen LogP contribution in [0.15, 0.2) is 18.5 Å². The summed E-state index contributed by atoms with van der Waals surface area (Å²) in [5.74, 6) is 0. The van der Waals surface area contributed by atoms with Gasteiger partial charge in [0.1, 0.15) is 4.83 Å². The molecule has 0 radical (unpaired) electrons. The third-order valence-corrected chi connectivity index (χ3v) is 2.24. The molecule has 0 aromatic carbocycles. The molecule has 0 bridgehead atoms. The van der Waals surface area contributed by atoms with Crippen molar-refractivity contribution in [1.82, 2.24) is 9.97 Å². The first-order valence-corrected chi connectivity index (χ1v) is 4.85. The highest BCUT2D eigenvalue weighted by atomic mass is 32.1. The van der Waals surface area contributed by atoms with E-state index in [0.29, 0.717) is 0 Å². The molecule has 2 heterocycles. The summed E-state index contributed by atoms with van der Waals surface area (Å²) < 4.78 is 0. The van der Waals surface area contributed by atoms with Crippen molar-refractivity contribution in [2.75, 3.05) is 0 Å². The highest BCUT2D eigenvalue weighted by Gasteiger charge is 1.96. The summed E-state index contributed by atoms with van der Waals surface area (Å²) >= 11 is 1.68. The van der Waals surface area contributed by atoms with Gasteiger partial charge < -0.3 is 0 Å². The Bertz CT molecular complexity index is 321. The van der Waals surface area contributed by atoms with Crippen molar-refractivity contribution in [3.05, 3.63) is 23.3 Å². The fraction of sp³-hybridized carbons (Fsp3) is 0.333. The molecule has 0 spiro atoms. The Labute approximate surface area is 76.3 Å². The molecule has 2 aromatic rings. The number of aromatic nitrogens is 2. The van der Waals surface area contributed by atoms with E-state index in [4.69, 9.17) is 0 Å². The van der Waals surface area contributed by atoms with Gasteiger partial charge in [-0.1, -0.05) is 13.8 Å². The molecular formula is C9H12N2S. The van der Waals surface area contributed by atoms with Crippen molar-refractivity contribution in [1.29, 1.82) is 0 Å². The van der Waals surface area contributed by atoms with Gasteiger partial charge in [0, 0.05) is 17.3 Å². The van der Waals surface area contributed by atoms with Gasteiger partial charge in [0.2, 0.25) is 0 Å². The van der Waals surface area contributed by atoms with Crippen LogP contribution in [0.1, 0.15) is 18.7 Å². The molecule has 12 heavy (non-hydrogen) atoms. The largest absolute Gasteiger partial charge is 0.252 e. The van der Waals surface area contributed by atoms with Crippen LogP contribution >= 0.6 is 11.3 Å². The molecule has 3 heteroatoms. The monoisotopic (exact) mass is 180 g/mol. The molecule has 0 N–H and O–H groups in total. The predicted octanol–water partition coefficient (Wildman–Crippen LogP) is 3.03. The van der Waals surface area contributed by atoms with E-state index in [0.717, 1.165) is 10.3 Å². The van der Waals surface area contributed by atoms with E-state index >= 15 is 0 Å². The van der Waals surface area contributed by atoms with E-state index in [9.17, 15) is 0 Å². The average molecular weight is 180 g/mol. The van der Waals surface area contributed by atoms with E-state index in [2.05, 4.69) is 16.9 Å². The summed E-state index contributed by atoms with van der Waals surface area (Å²) in [5.41, 5.74) is 1.00. The van der Waals surface area contributed by atoms with Crippen LogP contribution in [-0.4, -0.2) is 9.97 Å². The minimum absolute atomic E-state index is 1.00. The van der Waals surface area contributed by atoms with Gasteiger partial charge >= 0.3 is 0 Å². The van der Waals surface area contributed by atoms with E-state index in [1.165, 1.54) is 4.88 Å². The zero-order valence-electron chi connectivity index (χ0n) is 7.53. The highest BCUT2D eigenvalue weighted by molar-refractivity contribution is 7.18. The van der Waals surface area contributed by atoms with Gasteiger partial charge in [0.15, 0.2) is 0 Å². The molecular weight excluding hydrogens is 168 g/mol. The molecule has 0 saturated heterocycles. The van der Waals surface area contributed by atoms with Gasteiger partial charge in [-0.2, -0.15) is 0 Å². The minimum atomic E-state index is 1.00. The summed E-state index contributed by atoms with van der Waals surface area (Å²) in [6.45, 7) is 6.06. The number of thiophene rings is 1. The third kappa shape index (κ3) is 1.80. The molecule has 0 aliphatic heterocycles. The van der Waals surface area contributed by atoms with Gasteiger partial charge in [-0.05, 0) is 13.0 Å². The van der Waals surface area contributed by atoms with Crippen molar-refractivity contribution in [3.8, 4) is 0 Å². The van der Waals surface area contributed by atoms with Crippen LogP contribution < -0.4 is 0 Å². The van der Waals surface area contributed by atoms with Crippen molar-refractivity contribution < 1.29 is 0 Å². The van der Waals surface area contributed by atoms with Crippen LogP contribution in [0.3, 0.4) is 0 Å². The Balaban J connectivity index is 0.000000336. The van der Waals surface area contributed by atoms with E-state index in [-0.39, 0.29) is 0 Å². The lowest BCUT2D eigenvalue weighted by molar-refractivity contribution is 1.32. The van der Waals surface area contributed by atoms with E-state index in [1.54, 1.807) is 23.7 Å². The summed E-state index contributed by atoms with van der Waals surface area (Å²) in [6.07, 6.45) is 3.44. The van der Waals surface area contributed by atoms with Gasteiger partial charge in [-0.3, -0.25) is 4.98 Å². The fourth-order valence-corrected chi connectivity index (χ4v) is 1.69. The molecule has 2 nitrogen and oxygen atoms in total. The summed E-state index contributed by atoms with van der Waals surface area (Å²) in [5, 5.41) is 0. The van der Waals surface area contributed by atoms with Gasteiger partial charge in [-0.15, -0.1) is 11.3 Å². The first kappa shape index (κ1) is 9.13. The molecule has 0 saturated carbocycles. The lowest BCUT2D eigenvalue weighted by Crippen LogP contribution is -1.72. The quantitative estimate of drug-likeness (QED) is 0.622. The summed E-state index contributed by atoms with van der Waals surface area (Å²) in [7, 11) is 0. The summed E-state index contributed by atoms with van der Waals surface area (Å²) in [6, 6.07) is 2.05. The standard InChI is InChI=1S/C7H6N2S.C2H6/c1-5-4-6-7(10-5)9-3-2-8-6;1-2/h2-4H,1H3;1-2H3. The zero-order valence-corrected chi connectivity index (χ0v) is 8.35. The van der Waals surface area contributed by atoms with Crippen LogP contribution in [0.2, 0.25) is 0 Å². The lowest BCUT2D eigenvalue weighted by atomic mass is 10.5. The lowest BCUT2D eigenvalue weighted by Gasteiger charge is -1.81. The average Bonchev–Trinajstić information content (AvgIpc) is 2.48. The van der Waals surface area contributed by atoms with Crippen molar-refractivity contribution in [3.63, 3.8) is 0 Å². The van der Waals surface area contributed by atoms with Crippen molar-refractivity contribution in [2.24, 2.45) is 0 Å². The molecule has 2 aromatic heterocycles. The highest BCUT2D eigenvalue weighted by Crippen LogP contribution is 2.19. The second kappa shape index (κ2) is 4.16. The van der Waals surface area contributed by atoms with Crippen molar-refractivity contribution in [2.45, 2.75) is 20.8 Å². The second-order valence-electron chi connectivity index (χ2n) is 2.10. The fourth-order valence-electron chi connectivity index (χ4n) is 0.888. The number of hydrogen-bond donors (Lipinski definition) is 0.